The van der Waals surface area contributed by atoms with Crippen LogP contribution in [0.3, 0.4) is 0 Å². The lowest BCUT2D eigenvalue weighted by atomic mass is 10.00. The molecule has 4 rings (SSSR count). The molecule has 5 nitrogen and oxygen atoms in total. The van der Waals surface area contributed by atoms with Gasteiger partial charge in [0.05, 0.1) is 24.8 Å². The first-order valence-electron chi connectivity index (χ1n) is 9.46. The number of carbonyl (C=O) groups excluding carboxylic acids is 2. The Morgan fingerprint density at radius 2 is 1.67 bits per heavy atom. The van der Waals surface area contributed by atoms with Crippen LogP contribution in [0.5, 0.6) is 0 Å². The molecule has 1 saturated heterocycles. The number of methoxy groups -OCH3 is 1. The highest BCUT2D eigenvalue weighted by Gasteiger charge is 2.37. The summed E-state index contributed by atoms with van der Waals surface area (Å²) in [4.78, 5) is 29.0. The van der Waals surface area contributed by atoms with Crippen molar-refractivity contribution in [2.45, 2.75) is 12.1 Å². The van der Waals surface area contributed by atoms with Crippen LogP contribution in [0.2, 0.25) is 0 Å². The van der Waals surface area contributed by atoms with Crippen molar-refractivity contribution in [1.82, 2.24) is 9.80 Å². The number of nitrogens with zero attached hydrogens (tertiary/aromatic N) is 2. The van der Waals surface area contributed by atoms with E-state index >= 15 is 0 Å². The normalized spacial score (nSPS) is 20.8. The van der Waals surface area contributed by atoms with Crippen LogP contribution in [-0.4, -0.2) is 39.0 Å². The Balaban J connectivity index is 1.65. The van der Waals surface area contributed by atoms with Gasteiger partial charge in [-0.15, -0.1) is 0 Å². The third kappa shape index (κ3) is 3.91. The molecule has 152 valence electrons. The molecule has 0 aliphatic carbocycles. The zero-order chi connectivity index (χ0) is 21.1. The fourth-order valence-corrected chi connectivity index (χ4v) is 4.99. The summed E-state index contributed by atoms with van der Waals surface area (Å²) in [6, 6.07) is 19.0. The van der Waals surface area contributed by atoms with E-state index in [1.165, 1.54) is 23.8 Å². The first-order chi connectivity index (χ1) is 14.6. The molecule has 0 N–H and O–H groups in total. The number of rotatable bonds is 3. The van der Waals surface area contributed by atoms with Crippen LogP contribution in [0.4, 0.5) is 4.79 Å². The van der Waals surface area contributed by atoms with Crippen molar-refractivity contribution in [1.29, 1.82) is 0 Å². The zero-order valence-electron chi connectivity index (χ0n) is 16.3. The molecule has 30 heavy (non-hydrogen) atoms. The maximum atomic E-state index is 13.4. The van der Waals surface area contributed by atoms with Crippen LogP contribution < -0.4 is 0 Å². The van der Waals surface area contributed by atoms with Crippen molar-refractivity contribution >= 4 is 40.3 Å². The maximum Gasteiger partial charge on any atom is 0.414 e. The monoisotopic (exact) mass is 436 g/mol. The van der Waals surface area contributed by atoms with Gasteiger partial charge in [0.15, 0.2) is 0 Å². The predicted octanol–water partition coefficient (Wildman–Crippen LogP) is 4.85. The van der Waals surface area contributed by atoms with Crippen molar-refractivity contribution < 1.29 is 14.3 Å². The van der Waals surface area contributed by atoms with Crippen LogP contribution in [0.25, 0.3) is 0 Å². The first kappa shape index (κ1) is 20.4. The molecule has 2 heterocycles. The summed E-state index contributed by atoms with van der Waals surface area (Å²) in [6.45, 7) is 0. The van der Waals surface area contributed by atoms with Crippen LogP contribution in [-0.2, 0) is 9.53 Å². The topological polar surface area (TPSA) is 49.9 Å². The standard InChI is InChI=1S/C23H20N2O3S2/c1-28-22(27)24-14-18(12-13-19(24)16-8-4-2-5-9-16)21(26)25-20(15-30-23(25)29)17-10-6-3-7-11-17/h2-14,19-20H,15H2,1H3/t19?,20-/m1/s1. The van der Waals surface area contributed by atoms with Crippen molar-refractivity contribution in [3.05, 3.63) is 95.7 Å². The third-order valence-corrected chi connectivity index (χ3v) is 6.56. The van der Waals surface area contributed by atoms with Gasteiger partial charge in [0.25, 0.3) is 5.91 Å². The maximum absolute atomic E-state index is 13.4. The Hall–Kier alpha value is -2.90. The van der Waals surface area contributed by atoms with E-state index in [9.17, 15) is 9.59 Å². The van der Waals surface area contributed by atoms with E-state index in [0.29, 0.717) is 15.6 Å². The summed E-state index contributed by atoms with van der Waals surface area (Å²) in [7, 11) is 1.33. The molecule has 2 aromatic carbocycles. The average Bonchev–Trinajstić information content (AvgIpc) is 3.20. The Morgan fingerprint density at radius 1 is 1.03 bits per heavy atom. The zero-order valence-corrected chi connectivity index (χ0v) is 17.9. The SMILES string of the molecule is COC(=O)N1C=C(C(=O)N2C(=S)SC[C@@H]2c2ccccc2)C=CC1c1ccccc1. The second kappa shape index (κ2) is 8.85. The smallest absolute Gasteiger partial charge is 0.414 e. The van der Waals surface area contributed by atoms with Gasteiger partial charge in [-0.25, -0.2) is 4.79 Å². The number of carbonyl (C=O) groups is 2. The molecule has 7 heteroatoms. The molecule has 0 spiro atoms. The summed E-state index contributed by atoms with van der Waals surface area (Å²) in [6.07, 6.45) is 4.62. The molecule has 1 unspecified atom stereocenters. The molecule has 0 saturated carbocycles. The van der Waals surface area contributed by atoms with Crippen LogP contribution in [0, 0.1) is 0 Å². The number of ether oxygens (including phenoxy) is 1. The van der Waals surface area contributed by atoms with Gasteiger partial charge in [-0.05, 0) is 17.2 Å². The summed E-state index contributed by atoms with van der Waals surface area (Å²) in [5, 5.41) is 0. The molecule has 2 aliphatic heterocycles. The van der Waals surface area contributed by atoms with Crippen LogP contribution in [0.1, 0.15) is 23.2 Å². The lowest BCUT2D eigenvalue weighted by molar-refractivity contribution is -0.124. The Kier molecular flexibility index (Phi) is 6.01. The lowest BCUT2D eigenvalue weighted by Gasteiger charge is -2.31. The molecular weight excluding hydrogens is 416 g/mol. The Labute approximate surface area is 185 Å². The summed E-state index contributed by atoms with van der Waals surface area (Å²) in [5.41, 5.74) is 2.35. The summed E-state index contributed by atoms with van der Waals surface area (Å²) < 4.78 is 5.50. The van der Waals surface area contributed by atoms with Gasteiger partial charge in [0.1, 0.15) is 4.32 Å². The Morgan fingerprint density at radius 3 is 2.30 bits per heavy atom. The van der Waals surface area contributed by atoms with Crippen LogP contribution in [0.15, 0.2) is 84.6 Å². The van der Waals surface area contributed by atoms with Crippen molar-refractivity contribution in [3.63, 3.8) is 0 Å². The minimum Gasteiger partial charge on any atom is -0.452 e. The number of thioether (sulfide) groups is 1. The van der Waals surface area contributed by atoms with Gasteiger partial charge in [-0.3, -0.25) is 14.6 Å². The molecule has 0 aromatic heterocycles. The average molecular weight is 437 g/mol. The quantitative estimate of drug-likeness (QED) is 0.644. The molecule has 0 radical (unpaired) electrons. The molecule has 0 bridgehead atoms. The highest BCUT2D eigenvalue weighted by molar-refractivity contribution is 8.23. The molecule has 1 fully saturated rings. The van der Waals surface area contributed by atoms with Crippen molar-refractivity contribution in [3.8, 4) is 0 Å². The van der Waals surface area contributed by atoms with E-state index in [4.69, 9.17) is 17.0 Å². The third-order valence-electron chi connectivity index (χ3n) is 5.09. The van der Waals surface area contributed by atoms with Gasteiger partial charge < -0.3 is 4.74 Å². The molecule has 2 amide bonds. The molecule has 2 atom stereocenters. The van der Waals surface area contributed by atoms with Crippen molar-refractivity contribution in [2.24, 2.45) is 0 Å². The molecular formula is C23H20N2O3S2. The van der Waals surface area contributed by atoms with Crippen molar-refractivity contribution in [2.75, 3.05) is 12.9 Å². The second-order valence-corrected chi connectivity index (χ2v) is 8.51. The molecule has 2 aromatic rings. The van der Waals surface area contributed by atoms with E-state index in [2.05, 4.69) is 0 Å². The first-order valence-corrected chi connectivity index (χ1v) is 10.9. The number of hydrogen-bond acceptors (Lipinski definition) is 5. The largest absolute Gasteiger partial charge is 0.452 e. The lowest BCUT2D eigenvalue weighted by Crippen LogP contribution is -2.37. The van der Waals surface area contributed by atoms with Gasteiger partial charge in [0, 0.05) is 12.0 Å². The number of benzene rings is 2. The van der Waals surface area contributed by atoms with E-state index in [1.807, 2.05) is 66.7 Å². The van der Waals surface area contributed by atoms with E-state index in [0.717, 1.165) is 11.1 Å². The summed E-state index contributed by atoms with van der Waals surface area (Å²) >= 11 is 6.97. The fourth-order valence-electron chi connectivity index (χ4n) is 3.59. The predicted molar refractivity (Wildman–Crippen MR) is 122 cm³/mol. The highest BCUT2D eigenvalue weighted by Crippen LogP contribution is 2.37. The van der Waals surface area contributed by atoms with Gasteiger partial charge in [0.2, 0.25) is 0 Å². The highest BCUT2D eigenvalue weighted by atomic mass is 32.2. The van der Waals surface area contributed by atoms with Gasteiger partial charge in [-0.1, -0.05) is 90.7 Å². The molecule has 2 aliphatic rings. The van der Waals surface area contributed by atoms with Crippen LogP contribution >= 0.6 is 24.0 Å². The number of hydrogen-bond donors (Lipinski definition) is 0. The number of thiocarbonyl (C=S) groups is 1. The second-order valence-electron chi connectivity index (χ2n) is 6.85. The fraction of sp³-hybridized carbons (Fsp3) is 0.174. The Bertz CT molecular complexity index is 1020. The van der Waals surface area contributed by atoms with E-state index in [1.54, 1.807) is 17.2 Å². The minimum absolute atomic E-state index is 0.135. The van der Waals surface area contributed by atoms with Gasteiger partial charge in [-0.2, -0.15) is 0 Å². The minimum atomic E-state index is -0.531. The van der Waals surface area contributed by atoms with E-state index in [-0.39, 0.29) is 18.0 Å². The number of amides is 2. The van der Waals surface area contributed by atoms with E-state index < -0.39 is 6.09 Å². The van der Waals surface area contributed by atoms with Gasteiger partial charge >= 0.3 is 6.09 Å². The summed E-state index contributed by atoms with van der Waals surface area (Å²) in [5.74, 6) is 0.481.